The lowest BCUT2D eigenvalue weighted by Gasteiger charge is -2.29. The normalized spacial score (nSPS) is 18.2. The molecule has 1 aliphatic rings. The van der Waals surface area contributed by atoms with Crippen LogP contribution in [0.4, 0.5) is 0 Å². The van der Waals surface area contributed by atoms with E-state index in [0.29, 0.717) is 13.0 Å². The second-order valence-corrected chi connectivity index (χ2v) is 4.67. The Labute approximate surface area is 102 Å². The quantitative estimate of drug-likeness (QED) is 0.868. The number of aliphatic hydroxyl groups is 1. The zero-order chi connectivity index (χ0) is 12.3. The van der Waals surface area contributed by atoms with Crippen LogP contribution in [-0.4, -0.2) is 29.0 Å². The van der Waals surface area contributed by atoms with Gasteiger partial charge < -0.3 is 10.0 Å². The Balaban J connectivity index is 2.03. The highest BCUT2D eigenvalue weighted by Crippen LogP contribution is 2.20. The minimum atomic E-state index is -0.571. The van der Waals surface area contributed by atoms with Gasteiger partial charge in [-0.05, 0) is 30.9 Å². The summed E-state index contributed by atoms with van der Waals surface area (Å²) < 4.78 is 0. The number of nitrogens with zero attached hydrogens (tertiary/aromatic N) is 1. The highest BCUT2D eigenvalue weighted by atomic mass is 16.3. The minimum absolute atomic E-state index is 0.170. The summed E-state index contributed by atoms with van der Waals surface area (Å²) in [6, 6.07) is 7.78. The van der Waals surface area contributed by atoms with Gasteiger partial charge in [0.25, 0.3) is 0 Å². The van der Waals surface area contributed by atoms with Crippen molar-refractivity contribution >= 4 is 5.91 Å². The molecule has 1 aromatic rings. The van der Waals surface area contributed by atoms with Crippen LogP contribution in [-0.2, 0) is 4.79 Å². The number of hydrogen-bond acceptors (Lipinski definition) is 2. The minimum Gasteiger partial charge on any atom is -0.387 e. The Morgan fingerprint density at radius 1 is 1.35 bits per heavy atom. The van der Waals surface area contributed by atoms with Gasteiger partial charge in [0.1, 0.15) is 0 Å². The van der Waals surface area contributed by atoms with Crippen molar-refractivity contribution in [3.63, 3.8) is 0 Å². The number of hydrogen-bond donors (Lipinski definition) is 1. The average molecular weight is 233 g/mol. The molecule has 92 valence electrons. The molecular formula is C14H19NO2. The molecule has 0 saturated carbocycles. The zero-order valence-corrected chi connectivity index (χ0v) is 10.2. The van der Waals surface area contributed by atoms with Crippen LogP contribution in [0.15, 0.2) is 24.3 Å². The summed E-state index contributed by atoms with van der Waals surface area (Å²) in [7, 11) is 0. The zero-order valence-electron chi connectivity index (χ0n) is 10.2. The Hall–Kier alpha value is -1.35. The third-order valence-electron chi connectivity index (χ3n) is 3.36. The predicted octanol–water partition coefficient (Wildman–Crippen LogP) is 2.04. The van der Waals surface area contributed by atoms with Crippen molar-refractivity contribution in [3.8, 4) is 0 Å². The van der Waals surface area contributed by atoms with Crippen LogP contribution < -0.4 is 0 Å². The van der Waals surface area contributed by atoms with Gasteiger partial charge in [-0.2, -0.15) is 0 Å². The molecule has 0 spiro atoms. The molecule has 1 N–H and O–H groups in total. The highest BCUT2D eigenvalue weighted by molar-refractivity contribution is 5.76. The lowest BCUT2D eigenvalue weighted by Crippen LogP contribution is -2.38. The molecule has 1 atom stereocenters. The second-order valence-electron chi connectivity index (χ2n) is 4.67. The predicted molar refractivity (Wildman–Crippen MR) is 66.6 cm³/mol. The van der Waals surface area contributed by atoms with E-state index in [4.69, 9.17) is 0 Å². The SMILES string of the molecule is Cc1ccccc1C(O)CN1CCCCC1=O. The van der Waals surface area contributed by atoms with E-state index in [-0.39, 0.29) is 5.91 Å². The van der Waals surface area contributed by atoms with Crippen LogP contribution in [0, 0.1) is 6.92 Å². The van der Waals surface area contributed by atoms with Crippen LogP contribution in [0.25, 0.3) is 0 Å². The van der Waals surface area contributed by atoms with Crippen molar-refractivity contribution in [1.29, 1.82) is 0 Å². The van der Waals surface area contributed by atoms with E-state index in [1.54, 1.807) is 4.90 Å². The summed E-state index contributed by atoms with van der Waals surface area (Å²) in [6.07, 6.45) is 2.08. The van der Waals surface area contributed by atoms with E-state index in [9.17, 15) is 9.90 Å². The summed E-state index contributed by atoms with van der Waals surface area (Å²) in [5, 5.41) is 10.2. The van der Waals surface area contributed by atoms with E-state index in [0.717, 1.165) is 30.5 Å². The number of carbonyl (C=O) groups excluding carboxylic acids is 1. The topological polar surface area (TPSA) is 40.5 Å². The van der Waals surface area contributed by atoms with E-state index in [1.165, 1.54) is 0 Å². The van der Waals surface area contributed by atoms with Crippen LogP contribution in [0.5, 0.6) is 0 Å². The number of amides is 1. The Kier molecular flexibility index (Phi) is 3.79. The van der Waals surface area contributed by atoms with Gasteiger partial charge in [-0.1, -0.05) is 24.3 Å². The third-order valence-corrected chi connectivity index (χ3v) is 3.36. The first-order valence-corrected chi connectivity index (χ1v) is 6.20. The molecule has 0 aromatic heterocycles. The van der Waals surface area contributed by atoms with Crippen LogP contribution in [0.1, 0.15) is 36.5 Å². The fourth-order valence-electron chi connectivity index (χ4n) is 2.32. The molecule has 0 aliphatic carbocycles. The van der Waals surface area contributed by atoms with Gasteiger partial charge in [0.05, 0.1) is 12.6 Å². The molecular weight excluding hydrogens is 214 g/mol. The number of aryl methyl sites for hydroxylation is 1. The molecule has 3 nitrogen and oxygen atoms in total. The number of aliphatic hydroxyl groups excluding tert-OH is 1. The first kappa shape index (κ1) is 12.1. The van der Waals surface area contributed by atoms with Crippen LogP contribution in [0.2, 0.25) is 0 Å². The van der Waals surface area contributed by atoms with Crippen molar-refractivity contribution in [2.24, 2.45) is 0 Å². The summed E-state index contributed by atoms with van der Waals surface area (Å²) in [5.41, 5.74) is 2.00. The maximum atomic E-state index is 11.7. The largest absolute Gasteiger partial charge is 0.387 e. The fourth-order valence-corrected chi connectivity index (χ4v) is 2.32. The molecule has 1 aliphatic heterocycles. The van der Waals surface area contributed by atoms with Gasteiger partial charge in [-0.3, -0.25) is 4.79 Å². The molecule has 1 saturated heterocycles. The number of likely N-dealkylation sites (tertiary alicyclic amines) is 1. The molecule has 2 rings (SSSR count). The number of β-amino-alcohol motifs (C(OH)–C–C–N with tert-alkyl or cyclic N) is 1. The average Bonchev–Trinajstić information content (AvgIpc) is 2.32. The van der Waals surface area contributed by atoms with Gasteiger partial charge in [0.15, 0.2) is 0 Å². The maximum absolute atomic E-state index is 11.7. The van der Waals surface area contributed by atoms with Crippen LogP contribution >= 0.6 is 0 Å². The lowest BCUT2D eigenvalue weighted by atomic mass is 10.0. The lowest BCUT2D eigenvalue weighted by molar-refractivity contribution is -0.134. The van der Waals surface area contributed by atoms with Gasteiger partial charge in [0, 0.05) is 13.0 Å². The van der Waals surface area contributed by atoms with Crippen molar-refractivity contribution in [2.45, 2.75) is 32.3 Å². The van der Waals surface area contributed by atoms with Gasteiger partial charge in [-0.25, -0.2) is 0 Å². The first-order chi connectivity index (χ1) is 8.18. The number of benzene rings is 1. The molecule has 17 heavy (non-hydrogen) atoms. The monoisotopic (exact) mass is 233 g/mol. The smallest absolute Gasteiger partial charge is 0.222 e. The Bertz CT molecular complexity index is 403. The Morgan fingerprint density at radius 2 is 2.12 bits per heavy atom. The molecule has 0 radical (unpaired) electrons. The number of carbonyl (C=O) groups is 1. The molecule has 1 fully saturated rings. The van der Waals surface area contributed by atoms with E-state index in [2.05, 4.69) is 0 Å². The van der Waals surface area contributed by atoms with Crippen molar-refractivity contribution < 1.29 is 9.90 Å². The van der Waals surface area contributed by atoms with Crippen molar-refractivity contribution in [3.05, 3.63) is 35.4 Å². The maximum Gasteiger partial charge on any atom is 0.222 e. The summed E-state index contributed by atoms with van der Waals surface area (Å²) in [6.45, 7) is 3.18. The standard InChI is InChI=1S/C14H19NO2/c1-11-6-2-3-7-12(11)13(16)10-15-9-5-4-8-14(15)17/h2-3,6-7,13,16H,4-5,8-10H2,1H3. The van der Waals surface area contributed by atoms with Crippen LogP contribution in [0.3, 0.4) is 0 Å². The summed E-state index contributed by atoms with van der Waals surface area (Å²) in [4.78, 5) is 13.4. The second kappa shape index (κ2) is 5.32. The van der Waals surface area contributed by atoms with E-state index >= 15 is 0 Å². The fraction of sp³-hybridized carbons (Fsp3) is 0.500. The molecule has 3 heteroatoms. The van der Waals surface area contributed by atoms with E-state index < -0.39 is 6.10 Å². The van der Waals surface area contributed by atoms with E-state index in [1.807, 2.05) is 31.2 Å². The molecule has 1 unspecified atom stereocenters. The van der Waals surface area contributed by atoms with Gasteiger partial charge in [-0.15, -0.1) is 0 Å². The van der Waals surface area contributed by atoms with Crippen molar-refractivity contribution in [2.75, 3.05) is 13.1 Å². The van der Waals surface area contributed by atoms with Gasteiger partial charge >= 0.3 is 0 Å². The molecule has 1 aromatic carbocycles. The molecule has 0 bridgehead atoms. The number of rotatable bonds is 3. The number of piperidine rings is 1. The summed E-state index contributed by atoms with van der Waals surface area (Å²) in [5.74, 6) is 0.170. The van der Waals surface area contributed by atoms with Crippen molar-refractivity contribution in [1.82, 2.24) is 4.90 Å². The molecule has 1 heterocycles. The first-order valence-electron chi connectivity index (χ1n) is 6.20. The summed E-state index contributed by atoms with van der Waals surface area (Å²) >= 11 is 0. The highest BCUT2D eigenvalue weighted by Gasteiger charge is 2.21. The third kappa shape index (κ3) is 2.86. The molecule has 1 amide bonds. The Morgan fingerprint density at radius 3 is 2.82 bits per heavy atom. The van der Waals surface area contributed by atoms with Gasteiger partial charge in [0.2, 0.25) is 5.91 Å².